The summed E-state index contributed by atoms with van der Waals surface area (Å²) in [6.07, 6.45) is 7.43. The number of hydrogen-bond acceptors (Lipinski definition) is 2. The minimum atomic E-state index is -0.270. The van der Waals surface area contributed by atoms with Gasteiger partial charge in [-0.2, -0.15) is 0 Å². The number of benzene rings is 1. The van der Waals surface area contributed by atoms with Crippen molar-refractivity contribution in [1.82, 2.24) is 10.6 Å². The van der Waals surface area contributed by atoms with Gasteiger partial charge in [0.05, 0.1) is 12.5 Å². The van der Waals surface area contributed by atoms with Crippen LogP contribution in [-0.2, 0) is 9.59 Å². The van der Waals surface area contributed by atoms with Crippen LogP contribution in [0.2, 0.25) is 0 Å². The fraction of sp³-hybridized carbons (Fsp3) is 0.619. The highest BCUT2D eigenvalue weighted by molar-refractivity contribution is 5.79. The maximum atomic E-state index is 12.6. The Morgan fingerprint density at radius 1 is 1.20 bits per heavy atom. The van der Waals surface area contributed by atoms with Crippen LogP contribution in [0.4, 0.5) is 0 Å². The third kappa shape index (κ3) is 6.18. The van der Waals surface area contributed by atoms with E-state index < -0.39 is 0 Å². The van der Waals surface area contributed by atoms with Crippen molar-refractivity contribution in [3.63, 3.8) is 0 Å². The minimum absolute atomic E-state index is 0.0349. The van der Waals surface area contributed by atoms with Crippen LogP contribution in [0.25, 0.3) is 0 Å². The Labute approximate surface area is 151 Å². The smallest absolute Gasteiger partial charge is 0.222 e. The topological polar surface area (TPSA) is 58.2 Å². The van der Waals surface area contributed by atoms with Crippen LogP contribution >= 0.6 is 0 Å². The first kappa shape index (κ1) is 19.5. The molecule has 1 aromatic carbocycles. The van der Waals surface area contributed by atoms with E-state index in [4.69, 9.17) is 0 Å². The molecule has 0 saturated heterocycles. The molecule has 1 saturated carbocycles. The van der Waals surface area contributed by atoms with Crippen LogP contribution in [0, 0.1) is 12.8 Å². The van der Waals surface area contributed by atoms with Crippen molar-refractivity contribution < 1.29 is 9.59 Å². The first-order valence-electron chi connectivity index (χ1n) is 9.62. The minimum Gasteiger partial charge on any atom is -0.353 e. The third-order valence-electron chi connectivity index (χ3n) is 5.18. The van der Waals surface area contributed by atoms with Crippen LogP contribution in [0.3, 0.4) is 0 Å². The number of hydrogen-bond donors (Lipinski definition) is 2. The zero-order chi connectivity index (χ0) is 18.2. The summed E-state index contributed by atoms with van der Waals surface area (Å²) < 4.78 is 0. The summed E-state index contributed by atoms with van der Waals surface area (Å²) in [7, 11) is 0. The van der Waals surface area contributed by atoms with Gasteiger partial charge < -0.3 is 10.6 Å². The van der Waals surface area contributed by atoms with Crippen molar-refractivity contribution in [3.05, 3.63) is 35.4 Å². The molecule has 0 aromatic heterocycles. The standard InChI is InChI=1S/C21H32N2O2/c1-4-5-7-17-8-6-9-19(17)23-21(25)14-20(22-16(3)24)18-12-10-15(2)11-13-18/h10-13,17,19-20H,4-9,14H2,1-3H3,(H,22,24)(H,23,25). The lowest BCUT2D eigenvalue weighted by molar-refractivity contribution is -0.123. The quantitative estimate of drug-likeness (QED) is 0.748. The van der Waals surface area contributed by atoms with Crippen molar-refractivity contribution >= 4 is 11.8 Å². The maximum absolute atomic E-state index is 12.6. The van der Waals surface area contributed by atoms with Crippen LogP contribution in [0.5, 0.6) is 0 Å². The Bertz CT molecular complexity index is 568. The highest BCUT2D eigenvalue weighted by atomic mass is 16.2. The molecule has 1 aliphatic rings. The van der Waals surface area contributed by atoms with Gasteiger partial charge in [-0.3, -0.25) is 9.59 Å². The molecule has 1 aromatic rings. The highest BCUT2D eigenvalue weighted by Crippen LogP contribution is 2.30. The summed E-state index contributed by atoms with van der Waals surface area (Å²) in [4.78, 5) is 24.1. The van der Waals surface area contributed by atoms with Gasteiger partial charge in [-0.25, -0.2) is 0 Å². The normalized spacial score (nSPS) is 20.9. The van der Waals surface area contributed by atoms with E-state index in [9.17, 15) is 9.59 Å². The molecule has 2 amide bonds. The lowest BCUT2D eigenvalue weighted by Crippen LogP contribution is -2.39. The zero-order valence-electron chi connectivity index (χ0n) is 15.8. The number of amides is 2. The molecule has 1 fully saturated rings. The molecule has 2 N–H and O–H groups in total. The molecule has 25 heavy (non-hydrogen) atoms. The van der Waals surface area contributed by atoms with E-state index >= 15 is 0 Å². The molecule has 1 aliphatic carbocycles. The molecule has 0 aliphatic heterocycles. The molecule has 0 heterocycles. The predicted molar refractivity (Wildman–Crippen MR) is 101 cm³/mol. The number of unbranched alkanes of at least 4 members (excludes halogenated alkanes) is 1. The molecule has 2 rings (SSSR count). The van der Waals surface area contributed by atoms with Crippen LogP contribution in [0.15, 0.2) is 24.3 Å². The van der Waals surface area contributed by atoms with Crippen molar-refractivity contribution in [2.45, 2.75) is 77.8 Å². The number of rotatable bonds is 8. The Hall–Kier alpha value is -1.84. The van der Waals surface area contributed by atoms with Gasteiger partial charge in [-0.05, 0) is 37.7 Å². The van der Waals surface area contributed by atoms with Crippen molar-refractivity contribution in [3.8, 4) is 0 Å². The molecule has 3 unspecified atom stereocenters. The van der Waals surface area contributed by atoms with Gasteiger partial charge in [0.1, 0.15) is 0 Å². The van der Waals surface area contributed by atoms with Crippen molar-refractivity contribution in [2.75, 3.05) is 0 Å². The zero-order valence-corrected chi connectivity index (χ0v) is 15.8. The van der Waals surface area contributed by atoms with Crippen LogP contribution in [-0.4, -0.2) is 17.9 Å². The van der Waals surface area contributed by atoms with Crippen LogP contribution < -0.4 is 10.6 Å². The first-order valence-corrected chi connectivity index (χ1v) is 9.62. The first-order chi connectivity index (χ1) is 12.0. The van der Waals surface area contributed by atoms with Crippen molar-refractivity contribution in [2.24, 2.45) is 5.92 Å². The van der Waals surface area contributed by atoms with Gasteiger partial charge in [-0.1, -0.05) is 56.0 Å². The Morgan fingerprint density at radius 2 is 1.92 bits per heavy atom. The van der Waals surface area contributed by atoms with Gasteiger partial charge >= 0.3 is 0 Å². The Balaban J connectivity index is 1.96. The van der Waals surface area contributed by atoms with Gasteiger partial charge in [0.15, 0.2) is 0 Å². The second kappa shape index (κ2) is 9.59. The second-order valence-corrected chi connectivity index (χ2v) is 7.38. The number of carbonyl (C=O) groups is 2. The Morgan fingerprint density at radius 3 is 2.56 bits per heavy atom. The van der Waals surface area contributed by atoms with E-state index in [1.807, 2.05) is 31.2 Å². The second-order valence-electron chi connectivity index (χ2n) is 7.38. The molecule has 3 atom stereocenters. The van der Waals surface area contributed by atoms with E-state index in [-0.39, 0.29) is 17.9 Å². The molecule has 4 heteroatoms. The van der Waals surface area contributed by atoms with E-state index in [1.165, 1.54) is 44.6 Å². The van der Waals surface area contributed by atoms with E-state index in [0.717, 1.165) is 12.0 Å². The number of carbonyl (C=O) groups excluding carboxylic acids is 2. The molecular formula is C21H32N2O2. The SMILES string of the molecule is CCCCC1CCCC1NC(=O)CC(NC(C)=O)c1ccc(C)cc1. The third-order valence-corrected chi connectivity index (χ3v) is 5.18. The Kier molecular flexibility index (Phi) is 7.48. The van der Waals surface area contributed by atoms with Gasteiger partial charge in [0.25, 0.3) is 0 Å². The van der Waals surface area contributed by atoms with Gasteiger partial charge in [0, 0.05) is 13.0 Å². The largest absolute Gasteiger partial charge is 0.353 e. The van der Waals surface area contributed by atoms with Gasteiger partial charge in [-0.15, -0.1) is 0 Å². The fourth-order valence-electron chi connectivity index (χ4n) is 3.79. The summed E-state index contributed by atoms with van der Waals surface area (Å²) in [6, 6.07) is 8.04. The van der Waals surface area contributed by atoms with Gasteiger partial charge in [0.2, 0.25) is 11.8 Å². The van der Waals surface area contributed by atoms with Crippen LogP contribution in [0.1, 0.15) is 76.0 Å². The summed E-state index contributed by atoms with van der Waals surface area (Å²) in [5.41, 5.74) is 2.14. The molecule has 0 bridgehead atoms. The van der Waals surface area contributed by atoms with Crippen molar-refractivity contribution in [1.29, 1.82) is 0 Å². The number of nitrogens with one attached hydrogen (secondary N) is 2. The summed E-state index contributed by atoms with van der Waals surface area (Å²) >= 11 is 0. The lowest BCUT2D eigenvalue weighted by Gasteiger charge is -2.23. The maximum Gasteiger partial charge on any atom is 0.222 e. The predicted octanol–water partition coefficient (Wildman–Crippen LogP) is 4.04. The molecule has 0 spiro atoms. The monoisotopic (exact) mass is 344 g/mol. The molecule has 4 nitrogen and oxygen atoms in total. The summed E-state index contributed by atoms with van der Waals surface area (Å²) in [5, 5.41) is 6.15. The lowest BCUT2D eigenvalue weighted by atomic mass is 9.96. The molecule has 138 valence electrons. The summed E-state index contributed by atoms with van der Waals surface area (Å²) in [5.74, 6) is 0.537. The fourth-order valence-corrected chi connectivity index (χ4v) is 3.79. The highest BCUT2D eigenvalue weighted by Gasteiger charge is 2.28. The average molecular weight is 344 g/mol. The van der Waals surface area contributed by atoms with E-state index in [1.54, 1.807) is 0 Å². The summed E-state index contributed by atoms with van der Waals surface area (Å²) in [6.45, 7) is 5.74. The van der Waals surface area contributed by atoms with E-state index in [0.29, 0.717) is 18.4 Å². The molecular weight excluding hydrogens is 312 g/mol. The number of aryl methyl sites for hydroxylation is 1. The average Bonchev–Trinajstić information content (AvgIpc) is 2.99. The molecule has 0 radical (unpaired) electrons. The van der Waals surface area contributed by atoms with E-state index in [2.05, 4.69) is 17.6 Å².